The fourth-order valence-electron chi connectivity index (χ4n) is 10.7. The minimum Gasteiger partial charge on any atom is -0.478 e. The van der Waals surface area contributed by atoms with Gasteiger partial charge in [-0.05, 0) is 93.8 Å². The number of allylic oxidation sites excluding steroid dienone is 1. The van der Waals surface area contributed by atoms with Gasteiger partial charge in [0.25, 0.3) is 0 Å². The highest BCUT2D eigenvalue weighted by Crippen LogP contribution is 2.26. The van der Waals surface area contributed by atoms with Crippen LogP contribution < -0.4 is 21.3 Å². The number of aliphatic hydroxyl groups is 1. The van der Waals surface area contributed by atoms with Crippen LogP contribution in [-0.4, -0.2) is 238 Å². The largest absolute Gasteiger partial charge is 0.478 e. The lowest BCUT2D eigenvalue weighted by Crippen LogP contribution is -2.63. The first kappa shape index (κ1) is 78.4. The Morgan fingerprint density at radius 1 is 0.483 bits per heavy atom. The van der Waals surface area contributed by atoms with Gasteiger partial charge in [0.15, 0.2) is 0 Å². The van der Waals surface area contributed by atoms with Crippen LogP contribution in [0.2, 0.25) is 0 Å². The van der Waals surface area contributed by atoms with Crippen LogP contribution in [0, 0.1) is 41.4 Å². The first-order valence-corrected chi connectivity index (χ1v) is 30.7. The number of carboxylic acid groups (broad SMARTS) is 1. The second-order valence-corrected chi connectivity index (χ2v) is 26.3. The summed E-state index contributed by atoms with van der Waals surface area (Å²) in [7, 11) is 9.63. The molecule has 0 aliphatic carbocycles. The lowest BCUT2D eigenvalue weighted by Gasteiger charge is -2.41. The van der Waals surface area contributed by atoms with Gasteiger partial charge in [-0.1, -0.05) is 103 Å². The van der Waals surface area contributed by atoms with Gasteiger partial charge < -0.3 is 65.8 Å². The van der Waals surface area contributed by atoms with Gasteiger partial charge in [-0.15, -0.1) is 0 Å². The molecule has 496 valence electrons. The number of aliphatic hydroxyl groups excluding tert-OH is 1. The number of likely N-dealkylation sites (N-methyl/N-ethyl adjacent to an activating group) is 7. The van der Waals surface area contributed by atoms with Crippen LogP contribution in [0.4, 0.5) is 0 Å². The van der Waals surface area contributed by atoms with E-state index >= 15 is 9.59 Å². The topological polar surface area (TPSA) is 316 Å². The van der Waals surface area contributed by atoms with E-state index in [1.165, 1.54) is 101 Å². The molecule has 0 aromatic heterocycles. The number of nitrogens with one attached hydrogen (secondary N) is 4. The number of nitrogens with zero attached hydrogens (tertiary/aromatic N) is 7. The van der Waals surface area contributed by atoms with Crippen molar-refractivity contribution in [2.45, 2.75) is 216 Å². The second kappa shape index (κ2) is 35.4. The molecule has 87 heavy (non-hydrogen) atoms. The van der Waals surface area contributed by atoms with E-state index in [0.717, 1.165) is 15.9 Å². The van der Waals surface area contributed by atoms with Crippen molar-refractivity contribution in [1.82, 2.24) is 55.6 Å². The third kappa shape index (κ3) is 22.5. The zero-order chi connectivity index (χ0) is 67.6. The van der Waals surface area contributed by atoms with Gasteiger partial charge in [-0.25, -0.2) is 4.79 Å². The minimum absolute atomic E-state index is 0.0438. The summed E-state index contributed by atoms with van der Waals surface area (Å²) in [5.41, 5.74) is 0. The van der Waals surface area contributed by atoms with Crippen molar-refractivity contribution < 1.29 is 67.7 Å². The number of hydrogen-bond acceptors (Lipinski definition) is 13. The Morgan fingerprint density at radius 3 is 1.34 bits per heavy atom. The molecule has 0 spiro atoms. The van der Waals surface area contributed by atoms with Crippen LogP contribution in [0.3, 0.4) is 0 Å². The summed E-state index contributed by atoms with van der Waals surface area (Å²) in [5, 5.41) is 32.3. The number of aliphatic carboxylic acids is 1. The smallest absolute Gasteiger partial charge is 0.327 e. The van der Waals surface area contributed by atoms with Gasteiger partial charge in [-0.2, -0.15) is 0 Å². The average Bonchev–Trinajstić information content (AvgIpc) is 1.19. The molecule has 1 aliphatic heterocycles. The van der Waals surface area contributed by atoms with E-state index < -0.39 is 162 Å². The van der Waals surface area contributed by atoms with Crippen molar-refractivity contribution in [2.24, 2.45) is 41.4 Å². The second-order valence-electron chi connectivity index (χ2n) is 26.3. The molecule has 6 N–H and O–H groups in total. The molecule has 0 radical (unpaired) electrons. The highest BCUT2D eigenvalue weighted by atomic mass is 16.4. The van der Waals surface area contributed by atoms with E-state index in [1.807, 2.05) is 55.4 Å². The molecule has 25 heteroatoms. The lowest BCUT2D eigenvalue weighted by atomic mass is 9.91. The first-order chi connectivity index (χ1) is 40.1. The maximum atomic E-state index is 15.1. The Kier molecular flexibility index (Phi) is 31.8. The van der Waals surface area contributed by atoms with Gasteiger partial charge >= 0.3 is 5.97 Å². The number of rotatable bonds is 16. The first-order valence-electron chi connectivity index (χ1n) is 30.7. The van der Waals surface area contributed by atoms with E-state index in [4.69, 9.17) is 0 Å². The SMILES string of the molecule is CC[C@@H]1NC(=O)C([C@H](O)[C@H](C)CC=CC(=O)O)N(C)C(=O)[C@H](C(C)C)N(C)C(=O)[C@H](CC(C)C)N(C)C(=O)[C@H](CC(C)C)N(C)C(=O)[C@H](C)NC(=O)[C@H](C)NC(=O)[C@H](CC(C)C)N(C)C(=O)[C@H](C(C)C)NC(=O)[C@H](CC(C)C)N(C)C(=O)CN(C)C1=O. The van der Waals surface area contributed by atoms with Gasteiger partial charge in [-0.3, -0.25) is 52.7 Å². The Labute approximate surface area is 517 Å². The zero-order valence-corrected chi connectivity index (χ0v) is 56.4. The molecule has 1 heterocycles. The van der Waals surface area contributed by atoms with E-state index in [2.05, 4.69) is 21.3 Å². The predicted molar refractivity (Wildman–Crippen MR) is 330 cm³/mol. The maximum Gasteiger partial charge on any atom is 0.327 e. The fraction of sp³-hybridized carbons (Fsp3) is 0.774. The number of amides is 11. The monoisotopic (exact) mass is 1230 g/mol. The number of carbonyl (C=O) groups excluding carboxylic acids is 11. The van der Waals surface area contributed by atoms with Crippen LogP contribution in [0.1, 0.15) is 149 Å². The molecule has 0 aromatic rings. The molecule has 25 nitrogen and oxygen atoms in total. The molecule has 1 rings (SSSR count). The molecule has 1 aliphatic rings. The third-order valence-corrected chi connectivity index (χ3v) is 16.1. The molecule has 12 atom stereocenters. The van der Waals surface area contributed by atoms with Crippen molar-refractivity contribution in [3.8, 4) is 0 Å². The number of carboxylic acids is 1. The van der Waals surface area contributed by atoms with Crippen LogP contribution in [-0.2, 0) is 57.5 Å². The van der Waals surface area contributed by atoms with Crippen molar-refractivity contribution in [1.29, 1.82) is 0 Å². The minimum atomic E-state index is -1.76. The van der Waals surface area contributed by atoms with Crippen molar-refractivity contribution in [2.75, 3.05) is 55.9 Å². The third-order valence-electron chi connectivity index (χ3n) is 16.1. The zero-order valence-electron chi connectivity index (χ0n) is 56.4. The molecule has 0 bridgehead atoms. The van der Waals surface area contributed by atoms with Crippen molar-refractivity contribution in [3.05, 3.63) is 12.2 Å². The number of hydrogen-bond donors (Lipinski definition) is 6. The van der Waals surface area contributed by atoms with E-state index in [1.54, 1.807) is 34.6 Å². The van der Waals surface area contributed by atoms with E-state index in [9.17, 15) is 58.2 Å². The van der Waals surface area contributed by atoms with Gasteiger partial charge in [0.05, 0.1) is 12.6 Å². The summed E-state index contributed by atoms with van der Waals surface area (Å²) in [4.78, 5) is 180. The van der Waals surface area contributed by atoms with Crippen LogP contribution >= 0.6 is 0 Å². The van der Waals surface area contributed by atoms with Crippen LogP contribution in [0.15, 0.2) is 12.2 Å². The number of carbonyl (C=O) groups is 12. The van der Waals surface area contributed by atoms with Crippen molar-refractivity contribution >= 4 is 70.9 Å². The summed E-state index contributed by atoms with van der Waals surface area (Å²) in [6, 6.07) is -12.9. The Balaban J connectivity index is 4.35. The van der Waals surface area contributed by atoms with Crippen molar-refractivity contribution in [3.63, 3.8) is 0 Å². The average molecular weight is 1230 g/mol. The summed E-state index contributed by atoms with van der Waals surface area (Å²) >= 11 is 0. The molecule has 11 amide bonds. The van der Waals surface area contributed by atoms with Crippen LogP contribution in [0.25, 0.3) is 0 Å². The van der Waals surface area contributed by atoms with Gasteiger partial charge in [0.2, 0.25) is 65.0 Å². The molecule has 0 aromatic carbocycles. The Morgan fingerprint density at radius 2 is 0.897 bits per heavy atom. The maximum absolute atomic E-state index is 15.1. The molecular formula is C62H109N11O14. The Bertz CT molecular complexity index is 2430. The summed E-state index contributed by atoms with van der Waals surface area (Å²) in [5.74, 6) is -12.0. The highest BCUT2D eigenvalue weighted by molar-refractivity contribution is 5.99. The van der Waals surface area contributed by atoms with Crippen LogP contribution in [0.5, 0.6) is 0 Å². The van der Waals surface area contributed by atoms with Gasteiger partial charge in [0, 0.05) is 55.4 Å². The molecule has 1 unspecified atom stereocenters. The van der Waals surface area contributed by atoms with Gasteiger partial charge in [0.1, 0.15) is 60.4 Å². The summed E-state index contributed by atoms with van der Waals surface area (Å²) in [6.45, 7) is 26.9. The highest BCUT2D eigenvalue weighted by Gasteiger charge is 2.46. The predicted octanol–water partition coefficient (Wildman–Crippen LogP) is 2.33. The standard InChI is InChI=1S/C62H109N11O14/c1-24-42-58(83)67(17)32-47(74)68(18)43(28-33(2)3)55(80)66-49(37(10)11)61(86)69(19)44(29-34(4)5)54(79)63-40(15)53(78)64-41(16)57(82)70(20)45(30-35(6)7)59(84)71(21)46(31-36(8)9)60(85)72(22)50(38(12)13)62(87)73(23)51(56(81)65-42)52(77)39(14)26-25-27-48(75)76/h25,27,33-46,49-52,77H,24,26,28-32H2,1-23H3,(H,63,79)(H,64,78)(H,65,81)(H,66,80)(H,75,76)/t39-,40+,41+,42+,43+,44+,45+,46+,49+,50+,51?,52-/m1/s1. The van der Waals surface area contributed by atoms with E-state index in [-0.39, 0.29) is 62.2 Å². The Hall–Kier alpha value is -6.66. The molecule has 1 saturated heterocycles. The summed E-state index contributed by atoms with van der Waals surface area (Å²) < 4.78 is 0. The lowest BCUT2D eigenvalue weighted by molar-refractivity contribution is -0.157. The summed E-state index contributed by atoms with van der Waals surface area (Å²) in [6.07, 6.45) is 0.834. The van der Waals surface area contributed by atoms with E-state index in [0.29, 0.717) is 0 Å². The fourth-order valence-corrected chi connectivity index (χ4v) is 10.7. The molecule has 1 fully saturated rings. The quantitative estimate of drug-likeness (QED) is 0.121. The molecule has 0 saturated carbocycles. The normalized spacial score (nSPS) is 26.5. The molecular weight excluding hydrogens is 1120 g/mol.